The summed E-state index contributed by atoms with van der Waals surface area (Å²) >= 11 is 0. The Bertz CT molecular complexity index is 2590. The number of aliphatic carboxylic acids is 6. The zero-order valence-corrected chi connectivity index (χ0v) is 36.8. The lowest BCUT2D eigenvalue weighted by Gasteiger charge is -2.22. The minimum absolute atomic E-state index is 0.0173. The van der Waals surface area contributed by atoms with Crippen LogP contribution in [0.15, 0.2) is 47.3 Å². The fourth-order valence-electron chi connectivity index (χ4n) is 6.46. The number of nitrogens with one attached hydrogen (secondary N) is 6. The molecule has 1 heterocycles. The minimum atomic E-state index is -1.83. The van der Waals surface area contributed by atoms with Crippen LogP contribution in [0.4, 0.5) is 11.6 Å². The van der Waals surface area contributed by atoms with Crippen LogP contribution in [0.3, 0.4) is 0 Å². The number of fused-ring (bicyclic) bond motifs is 1. The molecule has 5 atom stereocenters. The van der Waals surface area contributed by atoms with Crippen molar-refractivity contribution in [1.29, 1.82) is 0 Å². The van der Waals surface area contributed by atoms with Gasteiger partial charge < -0.3 is 67.8 Å². The highest BCUT2D eigenvalue weighted by Crippen LogP contribution is 2.20. The number of rotatable bonds is 29. The fraction of sp³-hybridized carbons (Fsp3) is 0.372. The van der Waals surface area contributed by atoms with Gasteiger partial charge in [0.2, 0.25) is 29.6 Å². The van der Waals surface area contributed by atoms with E-state index < -0.39 is 165 Å². The molecular formula is C43H48N9O18-. The van der Waals surface area contributed by atoms with Crippen molar-refractivity contribution in [2.75, 3.05) is 10.6 Å². The van der Waals surface area contributed by atoms with Crippen molar-refractivity contribution in [2.24, 2.45) is 0 Å². The van der Waals surface area contributed by atoms with Gasteiger partial charge in [0.15, 0.2) is 0 Å². The Morgan fingerprint density at radius 1 is 0.643 bits per heavy atom. The second kappa shape index (κ2) is 26.3. The maximum Gasteiger partial charge on any atom is 0.326 e. The van der Waals surface area contributed by atoms with Crippen LogP contribution in [-0.2, 0) is 54.5 Å². The molecule has 0 saturated carbocycles. The van der Waals surface area contributed by atoms with Crippen LogP contribution in [0.2, 0.25) is 0 Å². The standard InChI is InChI=1S/C43H49N9O18/c1-2-52(20-21-3-8-25-24(19-21)37(61)51-43(44)50-25)23-6-4-22(5-7-23)36(60)48-26(12-17-34(56)57)38(62)49-30(42(69)70)11-16-33(55)46-28(40(65)66)9-14-31(53)45-27(39(63)64)10-15-32(54)47-29(41(67)68)13-18-35(58)59/h1,3-8,19,26-30H,9-18,20H2,(H,45,53)(H,46,55)(H,47,54)(H,48,60)(H,49,62)(H,56,57)(H,58,59)(H,63,64)(H,65,66)(H,67,68)(H,69,70)(H3,44,50,51,61)/p-1. The van der Waals surface area contributed by atoms with E-state index in [1.807, 2.05) is 5.32 Å². The van der Waals surface area contributed by atoms with Crippen molar-refractivity contribution in [3.63, 3.8) is 0 Å². The van der Waals surface area contributed by atoms with E-state index >= 15 is 0 Å². The van der Waals surface area contributed by atoms with Crippen LogP contribution in [0.5, 0.6) is 0 Å². The highest BCUT2D eigenvalue weighted by atomic mass is 16.4. The van der Waals surface area contributed by atoms with Crippen molar-refractivity contribution < 1.29 is 83.4 Å². The Morgan fingerprint density at radius 2 is 1.10 bits per heavy atom. The molecule has 0 aliphatic rings. The average molecular weight is 979 g/mol. The summed E-state index contributed by atoms with van der Waals surface area (Å²) in [5, 5.41) is 69.0. The van der Waals surface area contributed by atoms with Crippen molar-refractivity contribution in [1.82, 2.24) is 36.6 Å². The van der Waals surface area contributed by atoms with E-state index in [1.54, 1.807) is 18.2 Å². The first-order valence-corrected chi connectivity index (χ1v) is 20.9. The number of amides is 5. The molecule has 27 nitrogen and oxygen atoms in total. The molecule has 0 radical (unpaired) electrons. The summed E-state index contributed by atoms with van der Waals surface area (Å²) in [5.74, 6) is -14.6. The molecule has 0 bridgehead atoms. The third kappa shape index (κ3) is 17.9. The summed E-state index contributed by atoms with van der Waals surface area (Å²) in [5.41, 5.74) is 6.56. The third-order valence-electron chi connectivity index (χ3n) is 10.1. The maximum atomic E-state index is 13.3. The van der Waals surface area contributed by atoms with Gasteiger partial charge in [-0.3, -0.25) is 43.4 Å². The van der Waals surface area contributed by atoms with Crippen LogP contribution < -0.4 is 47.9 Å². The monoisotopic (exact) mass is 978 g/mol. The Hall–Kier alpha value is -9.09. The lowest BCUT2D eigenvalue weighted by atomic mass is 10.1. The fourth-order valence-corrected chi connectivity index (χ4v) is 6.46. The predicted octanol–water partition coefficient (Wildman–Crippen LogP) is -2.79. The number of carbonyl (C=O) groups is 11. The summed E-state index contributed by atoms with van der Waals surface area (Å²) in [4.78, 5) is 154. The first-order chi connectivity index (χ1) is 33.0. The molecule has 0 spiro atoms. The number of carbonyl (C=O) groups excluding carboxylic acids is 6. The van der Waals surface area contributed by atoms with E-state index in [0.29, 0.717) is 16.8 Å². The molecule has 3 aromatic rings. The first kappa shape index (κ1) is 55.2. The normalized spacial score (nSPS) is 12.8. The molecule has 0 saturated heterocycles. The maximum absolute atomic E-state index is 13.3. The van der Waals surface area contributed by atoms with Crippen LogP contribution in [0.1, 0.15) is 80.1 Å². The predicted molar refractivity (Wildman–Crippen MR) is 237 cm³/mol. The van der Waals surface area contributed by atoms with Gasteiger partial charge in [-0.1, -0.05) is 12.5 Å². The van der Waals surface area contributed by atoms with Gasteiger partial charge in [-0.05, 0) is 80.5 Å². The number of anilines is 2. The molecule has 0 aliphatic heterocycles. The number of aromatic amines is 1. The highest BCUT2D eigenvalue weighted by molar-refractivity contribution is 5.98. The summed E-state index contributed by atoms with van der Waals surface area (Å²) in [6.45, 7) is 0.120. The van der Waals surface area contributed by atoms with E-state index in [0.717, 1.165) is 0 Å². The molecule has 1 aromatic heterocycles. The van der Waals surface area contributed by atoms with Crippen molar-refractivity contribution >= 4 is 87.9 Å². The number of benzene rings is 2. The number of terminal acetylenes is 1. The van der Waals surface area contributed by atoms with Gasteiger partial charge in [0, 0.05) is 48.9 Å². The SMILES string of the molecule is C#CN(Cc1ccc2nc(N)[nH]c(=O)c2c1)c1ccc(C(=O)NC(CCC(=O)O)C(=O)NC(CCC(=O)NC(CCC(=O)NC(CCC(=O)NC(CCC(=O)[O-])C(=O)O)C(=O)O)C(=O)O)C(=O)O)cc1. The molecular weight excluding hydrogens is 931 g/mol. The zero-order valence-electron chi connectivity index (χ0n) is 36.8. The van der Waals surface area contributed by atoms with Gasteiger partial charge in [0.1, 0.15) is 30.2 Å². The Labute approximate surface area is 395 Å². The van der Waals surface area contributed by atoms with Gasteiger partial charge in [0.05, 0.1) is 17.4 Å². The molecule has 70 heavy (non-hydrogen) atoms. The van der Waals surface area contributed by atoms with E-state index in [-0.39, 0.29) is 23.4 Å². The van der Waals surface area contributed by atoms with E-state index in [2.05, 4.69) is 37.3 Å². The molecule has 0 fully saturated rings. The van der Waals surface area contributed by atoms with Crippen LogP contribution in [0.25, 0.3) is 10.9 Å². The number of H-pyrrole nitrogens is 1. The number of hydrogen-bond acceptors (Lipinski definition) is 16. The number of aromatic nitrogens is 2. The Kier molecular flexibility index (Phi) is 20.8. The van der Waals surface area contributed by atoms with Crippen LogP contribution >= 0.6 is 0 Å². The second-order valence-electron chi connectivity index (χ2n) is 15.3. The summed E-state index contributed by atoms with van der Waals surface area (Å²) in [6, 6.07) is 4.46. The largest absolute Gasteiger partial charge is 0.550 e. The molecule has 13 N–H and O–H groups in total. The van der Waals surface area contributed by atoms with E-state index in [1.165, 1.54) is 29.2 Å². The average Bonchev–Trinajstić information content (AvgIpc) is 3.29. The number of hydrogen-bond donors (Lipinski definition) is 12. The number of carboxylic acid groups (broad SMARTS) is 6. The smallest absolute Gasteiger partial charge is 0.326 e. The molecule has 3 rings (SSSR count). The van der Waals surface area contributed by atoms with Crippen molar-refractivity contribution in [2.45, 2.75) is 101 Å². The lowest BCUT2D eigenvalue weighted by molar-refractivity contribution is -0.305. The number of nitrogen functional groups attached to an aromatic ring is 1. The van der Waals surface area contributed by atoms with E-state index in [4.69, 9.17) is 12.2 Å². The number of nitrogens with zero attached hydrogens (tertiary/aromatic N) is 2. The van der Waals surface area contributed by atoms with Gasteiger partial charge in [0.25, 0.3) is 11.5 Å². The molecule has 5 amide bonds. The number of carboxylic acids is 6. The van der Waals surface area contributed by atoms with Crippen molar-refractivity contribution in [3.05, 3.63) is 63.9 Å². The Balaban J connectivity index is 1.57. The summed E-state index contributed by atoms with van der Waals surface area (Å²) in [7, 11) is 0. The highest BCUT2D eigenvalue weighted by Gasteiger charge is 2.30. The molecule has 27 heteroatoms. The van der Waals surface area contributed by atoms with Crippen LogP contribution in [-0.4, -0.2) is 131 Å². The second-order valence-corrected chi connectivity index (χ2v) is 15.3. The lowest BCUT2D eigenvalue weighted by Crippen LogP contribution is -2.52. The molecule has 0 aliphatic carbocycles. The topological polar surface area (TPSA) is 447 Å². The molecule has 5 unspecified atom stereocenters. The van der Waals surface area contributed by atoms with Gasteiger partial charge >= 0.3 is 29.8 Å². The van der Waals surface area contributed by atoms with Gasteiger partial charge in [-0.15, -0.1) is 0 Å². The molecule has 2 aromatic carbocycles. The number of nitrogens with two attached hydrogens (primary N) is 1. The van der Waals surface area contributed by atoms with E-state index in [9.17, 15) is 88.2 Å². The minimum Gasteiger partial charge on any atom is -0.550 e. The third-order valence-corrected chi connectivity index (χ3v) is 10.1. The summed E-state index contributed by atoms with van der Waals surface area (Å²) < 4.78 is 0. The Morgan fingerprint density at radius 3 is 1.54 bits per heavy atom. The quantitative estimate of drug-likeness (QED) is 0.0247. The zero-order chi connectivity index (χ0) is 52.2. The molecule has 374 valence electrons. The van der Waals surface area contributed by atoms with Gasteiger partial charge in [-0.2, -0.15) is 0 Å². The first-order valence-electron chi connectivity index (χ1n) is 20.9. The summed E-state index contributed by atoms with van der Waals surface area (Å²) in [6.07, 6.45) is -0.483. The van der Waals surface area contributed by atoms with Crippen molar-refractivity contribution in [3.8, 4) is 12.5 Å². The van der Waals surface area contributed by atoms with Crippen LogP contribution in [0, 0.1) is 12.5 Å². The van der Waals surface area contributed by atoms with Gasteiger partial charge in [-0.25, -0.2) is 24.2 Å².